The monoisotopic (exact) mass is 295 g/mol. The molecule has 1 atom stereocenters. The topological polar surface area (TPSA) is 50.9 Å². The van der Waals surface area contributed by atoms with E-state index >= 15 is 0 Å². The van der Waals surface area contributed by atoms with Crippen molar-refractivity contribution < 1.29 is 0 Å². The Morgan fingerprint density at radius 2 is 2.05 bits per heavy atom. The lowest BCUT2D eigenvalue weighted by atomic mass is 9.93. The molecule has 1 unspecified atom stereocenters. The molecule has 0 saturated carbocycles. The molecule has 0 spiro atoms. The lowest BCUT2D eigenvalue weighted by Crippen LogP contribution is -2.29. The number of hydrazine groups is 1. The van der Waals surface area contributed by atoms with Crippen LogP contribution in [0.5, 0.6) is 0 Å². The van der Waals surface area contributed by atoms with Crippen LogP contribution in [0.15, 0.2) is 16.1 Å². The maximum atomic E-state index is 5.70. The number of aromatic nitrogens is 1. The van der Waals surface area contributed by atoms with Crippen LogP contribution in [0.25, 0.3) is 0 Å². The average Bonchev–Trinajstić information content (AvgIpc) is 2.94. The molecule has 0 aromatic carbocycles. The molecule has 5 heteroatoms. The number of rotatable bonds is 4. The molecule has 2 rings (SSSR count). The number of hydrogen-bond donors (Lipinski definition) is 2. The van der Waals surface area contributed by atoms with Gasteiger partial charge in [-0.15, -0.1) is 11.3 Å². The molecule has 0 aliphatic rings. The molecule has 0 fully saturated rings. The van der Waals surface area contributed by atoms with Crippen LogP contribution in [0.2, 0.25) is 0 Å². The largest absolute Gasteiger partial charge is 0.271 e. The fourth-order valence-electron chi connectivity index (χ4n) is 1.91. The zero-order valence-electron chi connectivity index (χ0n) is 11.9. The van der Waals surface area contributed by atoms with Crippen LogP contribution < -0.4 is 11.3 Å². The molecule has 0 radical (unpaired) electrons. The molecule has 3 N–H and O–H groups in total. The highest BCUT2D eigenvalue weighted by molar-refractivity contribution is 7.09. The Morgan fingerprint density at radius 3 is 2.53 bits per heavy atom. The molecular formula is C14H21N3S2. The zero-order valence-corrected chi connectivity index (χ0v) is 13.5. The SMILES string of the molecule is Cc1cscc1C(Cc1nc(C(C)(C)C)cs1)NN. The summed E-state index contributed by atoms with van der Waals surface area (Å²) in [6.07, 6.45) is 0.842. The minimum Gasteiger partial charge on any atom is -0.271 e. The van der Waals surface area contributed by atoms with E-state index in [1.165, 1.54) is 11.1 Å². The Bertz CT molecular complexity index is 537. The molecule has 0 aliphatic heterocycles. The lowest BCUT2D eigenvalue weighted by Gasteiger charge is -2.16. The first kappa shape index (κ1) is 14.7. The molecule has 3 nitrogen and oxygen atoms in total. The normalized spacial score (nSPS) is 13.7. The van der Waals surface area contributed by atoms with Gasteiger partial charge in [0.25, 0.3) is 0 Å². The van der Waals surface area contributed by atoms with Gasteiger partial charge in [0, 0.05) is 17.2 Å². The first-order valence-electron chi connectivity index (χ1n) is 6.35. The zero-order chi connectivity index (χ0) is 14.0. The van der Waals surface area contributed by atoms with Gasteiger partial charge in [-0.05, 0) is 28.8 Å². The summed E-state index contributed by atoms with van der Waals surface area (Å²) in [4.78, 5) is 4.74. The van der Waals surface area contributed by atoms with Crippen LogP contribution in [-0.2, 0) is 11.8 Å². The fraction of sp³-hybridized carbons (Fsp3) is 0.500. The van der Waals surface area contributed by atoms with E-state index in [9.17, 15) is 0 Å². The number of nitrogens with one attached hydrogen (secondary N) is 1. The van der Waals surface area contributed by atoms with Crippen molar-refractivity contribution in [3.63, 3.8) is 0 Å². The van der Waals surface area contributed by atoms with Crippen molar-refractivity contribution in [2.24, 2.45) is 5.84 Å². The van der Waals surface area contributed by atoms with E-state index in [4.69, 9.17) is 10.8 Å². The van der Waals surface area contributed by atoms with Gasteiger partial charge in [-0.25, -0.2) is 4.98 Å². The van der Waals surface area contributed by atoms with E-state index in [1.54, 1.807) is 22.7 Å². The van der Waals surface area contributed by atoms with Gasteiger partial charge in [-0.1, -0.05) is 20.8 Å². The summed E-state index contributed by atoms with van der Waals surface area (Å²) in [7, 11) is 0. The van der Waals surface area contributed by atoms with Gasteiger partial charge in [0.2, 0.25) is 0 Å². The van der Waals surface area contributed by atoms with Gasteiger partial charge in [-0.3, -0.25) is 11.3 Å². The third kappa shape index (κ3) is 3.42. The van der Waals surface area contributed by atoms with Crippen molar-refractivity contribution in [3.05, 3.63) is 38.0 Å². The van der Waals surface area contributed by atoms with Crippen molar-refractivity contribution in [2.45, 2.75) is 45.6 Å². The van der Waals surface area contributed by atoms with Gasteiger partial charge in [-0.2, -0.15) is 11.3 Å². The summed E-state index contributed by atoms with van der Waals surface area (Å²) >= 11 is 3.44. The smallest absolute Gasteiger partial charge is 0.0948 e. The molecule has 0 bridgehead atoms. The van der Waals surface area contributed by atoms with E-state index < -0.39 is 0 Å². The Balaban J connectivity index is 2.16. The fourth-order valence-corrected chi connectivity index (χ4v) is 3.88. The minimum absolute atomic E-state index is 0.110. The van der Waals surface area contributed by atoms with Crippen molar-refractivity contribution in [2.75, 3.05) is 0 Å². The standard InChI is InChI=1S/C14H21N3S2/c1-9-6-18-7-10(9)11(17-15)5-13-16-12(8-19-13)14(2,3)4/h6-8,11,17H,5,15H2,1-4H3. The molecule has 104 valence electrons. The van der Waals surface area contributed by atoms with Crippen LogP contribution in [0.4, 0.5) is 0 Å². The minimum atomic E-state index is 0.110. The summed E-state index contributed by atoms with van der Waals surface area (Å²) in [5.41, 5.74) is 6.75. The third-order valence-electron chi connectivity index (χ3n) is 3.17. The predicted octanol–water partition coefficient (Wildman–Crippen LogP) is 3.56. The Hall–Kier alpha value is -0.750. The number of thiophene rings is 1. The number of thiazole rings is 1. The van der Waals surface area contributed by atoms with Crippen molar-refractivity contribution >= 4 is 22.7 Å². The third-order valence-corrected chi connectivity index (χ3v) is 4.92. The highest BCUT2D eigenvalue weighted by Crippen LogP contribution is 2.28. The first-order valence-corrected chi connectivity index (χ1v) is 8.17. The van der Waals surface area contributed by atoms with Gasteiger partial charge >= 0.3 is 0 Å². The Kier molecular flexibility index (Phi) is 4.40. The summed E-state index contributed by atoms with van der Waals surface area (Å²) < 4.78 is 0. The van der Waals surface area contributed by atoms with E-state index in [2.05, 4.69) is 49.3 Å². The van der Waals surface area contributed by atoms with Crippen LogP contribution in [-0.4, -0.2) is 4.98 Å². The van der Waals surface area contributed by atoms with E-state index in [0.29, 0.717) is 0 Å². The highest BCUT2D eigenvalue weighted by atomic mass is 32.1. The van der Waals surface area contributed by atoms with Gasteiger partial charge in [0.05, 0.1) is 16.7 Å². The number of aryl methyl sites for hydroxylation is 1. The molecule has 0 saturated heterocycles. The van der Waals surface area contributed by atoms with E-state index in [0.717, 1.165) is 17.1 Å². The van der Waals surface area contributed by atoms with Crippen molar-refractivity contribution in [3.8, 4) is 0 Å². The van der Waals surface area contributed by atoms with Crippen LogP contribution in [0.1, 0.15) is 48.6 Å². The second-order valence-electron chi connectivity index (χ2n) is 5.81. The molecule has 2 aromatic heterocycles. The summed E-state index contributed by atoms with van der Waals surface area (Å²) in [5, 5.41) is 7.61. The lowest BCUT2D eigenvalue weighted by molar-refractivity contribution is 0.540. The first-order chi connectivity index (χ1) is 8.91. The van der Waals surface area contributed by atoms with Crippen molar-refractivity contribution in [1.29, 1.82) is 0 Å². The van der Waals surface area contributed by atoms with Crippen LogP contribution in [0.3, 0.4) is 0 Å². The average molecular weight is 295 g/mol. The molecule has 0 aliphatic carbocycles. The highest BCUT2D eigenvalue weighted by Gasteiger charge is 2.20. The maximum absolute atomic E-state index is 5.70. The predicted molar refractivity (Wildman–Crippen MR) is 83.6 cm³/mol. The second-order valence-corrected chi connectivity index (χ2v) is 7.50. The van der Waals surface area contributed by atoms with E-state index in [-0.39, 0.29) is 11.5 Å². The Labute approximate surface area is 122 Å². The molecule has 19 heavy (non-hydrogen) atoms. The summed E-state index contributed by atoms with van der Waals surface area (Å²) in [5.74, 6) is 5.70. The van der Waals surface area contributed by atoms with Gasteiger partial charge in [0.1, 0.15) is 0 Å². The van der Waals surface area contributed by atoms with Crippen LogP contribution >= 0.6 is 22.7 Å². The maximum Gasteiger partial charge on any atom is 0.0948 e. The number of nitrogens with zero attached hydrogens (tertiary/aromatic N) is 1. The molecule has 0 amide bonds. The Morgan fingerprint density at radius 1 is 1.32 bits per heavy atom. The summed E-state index contributed by atoms with van der Waals surface area (Å²) in [6, 6.07) is 0.144. The van der Waals surface area contributed by atoms with Crippen LogP contribution in [0, 0.1) is 6.92 Å². The number of nitrogens with two attached hydrogens (primary N) is 1. The summed E-state index contributed by atoms with van der Waals surface area (Å²) in [6.45, 7) is 8.69. The van der Waals surface area contributed by atoms with Gasteiger partial charge in [0.15, 0.2) is 0 Å². The molecule has 2 aromatic rings. The molecular weight excluding hydrogens is 274 g/mol. The van der Waals surface area contributed by atoms with Gasteiger partial charge < -0.3 is 0 Å². The van der Waals surface area contributed by atoms with Crippen molar-refractivity contribution in [1.82, 2.24) is 10.4 Å². The quantitative estimate of drug-likeness (QED) is 0.670. The van der Waals surface area contributed by atoms with E-state index in [1.807, 2.05) is 0 Å². The second kappa shape index (κ2) is 5.71. The number of hydrogen-bond acceptors (Lipinski definition) is 5. The molecule has 2 heterocycles.